The summed E-state index contributed by atoms with van der Waals surface area (Å²) in [7, 11) is -7.50. The maximum absolute atomic E-state index is 12.7. The van der Waals surface area contributed by atoms with Crippen molar-refractivity contribution in [2.75, 3.05) is 26.3 Å². The molecule has 0 aliphatic carbocycles. The topological polar surface area (TPSA) is 134 Å². The van der Waals surface area contributed by atoms with E-state index in [0.717, 1.165) is 5.56 Å². The lowest BCUT2D eigenvalue weighted by molar-refractivity contribution is -0.115. The van der Waals surface area contributed by atoms with E-state index in [1.54, 1.807) is 38.1 Å². The first kappa shape index (κ1) is 26.9. The normalized spacial score (nSPS) is 15.1. The third kappa shape index (κ3) is 7.16. The van der Waals surface area contributed by atoms with Gasteiger partial charge in [0.05, 0.1) is 23.0 Å². The van der Waals surface area contributed by atoms with Crippen molar-refractivity contribution in [1.29, 1.82) is 0 Å². The van der Waals surface area contributed by atoms with Crippen molar-refractivity contribution in [2.24, 2.45) is 0 Å². The maximum Gasteiger partial charge on any atom is 0.257 e. The molecule has 0 aromatic heterocycles. The zero-order valence-corrected chi connectivity index (χ0v) is 21.6. The molecule has 2 aromatic rings. The van der Waals surface area contributed by atoms with Crippen LogP contribution < -0.4 is 15.6 Å². The molecule has 13 heteroatoms. The summed E-state index contributed by atoms with van der Waals surface area (Å²) < 4.78 is 56.9. The van der Waals surface area contributed by atoms with Crippen LogP contribution in [0.15, 0.2) is 58.3 Å². The zero-order chi connectivity index (χ0) is 25.6. The number of benzene rings is 2. The minimum atomic E-state index is -3.90. The molecule has 1 fully saturated rings. The molecule has 1 amide bonds. The molecule has 0 atom stereocenters. The number of rotatable bonds is 7. The Morgan fingerprint density at radius 1 is 1.03 bits per heavy atom. The highest BCUT2D eigenvalue weighted by atomic mass is 32.2. The van der Waals surface area contributed by atoms with Crippen molar-refractivity contribution in [1.82, 2.24) is 19.9 Å². The molecule has 2 aromatic carbocycles. The van der Waals surface area contributed by atoms with Crippen LogP contribution in [-0.4, -0.2) is 58.5 Å². The Kier molecular flexibility index (Phi) is 8.74. The van der Waals surface area contributed by atoms with E-state index in [4.69, 9.17) is 17.0 Å². The van der Waals surface area contributed by atoms with E-state index in [1.165, 1.54) is 34.7 Å². The molecule has 188 valence electrons. The standard InChI is InChI=1S/C22H26N4O6S3/c1-16-3-4-17(2)20(15-16)34(28,29)25-24-22(33)23-21(27)10-7-18-5-8-19(9-6-18)35(30,31)26-11-13-32-14-12-26/h3-10,15,25H,11-14H2,1-2H3,(H2,23,24,27,33)/b10-7+. The van der Waals surface area contributed by atoms with Crippen LogP contribution in [0.25, 0.3) is 6.08 Å². The Morgan fingerprint density at radius 3 is 2.34 bits per heavy atom. The first-order chi connectivity index (χ1) is 16.5. The molecular formula is C22H26N4O6S3. The van der Waals surface area contributed by atoms with Crippen LogP contribution in [0.4, 0.5) is 0 Å². The number of hydrogen-bond donors (Lipinski definition) is 3. The average molecular weight is 539 g/mol. The van der Waals surface area contributed by atoms with Crippen molar-refractivity contribution in [3.8, 4) is 0 Å². The predicted molar refractivity (Wildman–Crippen MR) is 135 cm³/mol. The SMILES string of the molecule is Cc1ccc(C)c(S(=O)(=O)NNC(=S)NC(=O)/C=C/c2ccc(S(=O)(=O)N3CCOCC3)cc2)c1. The van der Waals surface area contributed by atoms with Crippen molar-refractivity contribution in [3.05, 3.63) is 65.2 Å². The maximum atomic E-state index is 12.7. The van der Waals surface area contributed by atoms with Crippen molar-refractivity contribution < 1.29 is 26.4 Å². The number of sulfonamides is 2. The van der Waals surface area contributed by atoms with Crippen LogP contribution in [0, 0.1) is 13.8 Å². The summed E-state index contributed by atoms with van der Waals surface area (Å²) in [6.07, 6.45) is 2.67. The molecule has 1 heterocycles. The van der Waals surface area contributed by atoms with Crippen molar-refractivity contribution in [2.45, 2.75) is 23.6 Å². The van der Waals surface area contributed by atoms with Gasteiger partial charge in [-0.3, -0.25) is 15.5 Å². The predicted octanol–water partition coefficient (Wildman–Crippen LogP) is 1.22. The van der Waals surface area contributed by atoms with Gasteiger partial charge in [0.15, 0.2) is 5.11 Å². The molecule has 35 heavy (non-hydrogen) atoms. The molecule has 1 saturated heterocycles. The number of nitrogens with zero attached hydrogens (tertiary/aromatic N) is 1. The van der Waals surface area contributed by atoms with Crippen LogP contribution in [0.2, 0.25) is 0 Å². The summed E-state index contributed by atoms with van der Waals surface area (Å²) in [5.41, 5.74) is 4.24. The number of hydrogen-bond acceptors (Lipinski definition) is 7. The summed E-state index contributed by atoms with van der Waals surface area (Å²) in [4.78, 5) is 14.5. The van der Waals surface area contributed by atoms with E-state index in [9.17, 15) is 21.6 Å². The average Bonchev–Trinajstić information content (AvgIpc) is 2.84. The molecule has 0 spiro atoms. The van der Waals surface area contributed by atoms with Gasteiger partial charge in [-0.1, -0.05) is 24.3 Å². The molecule has 3 rings (SSSR count). The van der Waals surface area contributed by atoms with Gasteiger partial charge in [-0.15, -0.1) is 4.83 Å². The number of thiocarbonyl (C=S) groups is 1. The van der Waals surface area contributed by atoms with Gasteiger partial charge in [-0.2, -0.15) is 4.31 Å². The van der Waals surface area contributed by atoms with Crippen LogP contribution in [0.3, 0.4) is 0 Å². The Hall–Kier alpha value is -2.68. The third-order valence-electron chi connectivity index (χ3n) is 5.08. The van der Waals surface area contributed by atoms with E-state index in [2.05, 4.69) is 15.6 Å². The van der Waals surface area contributed by atoms with Gasteiger partial charge >= 0.3 is 0 Å². The minimum Gasteiger partial charge on any atom is -0.379 e. The fourth-order valence-electron chi connectivity index (χ4n) is 3.21. The summed E-state index contributed by atoms with van der Waals surface area (Å²) in [6.45, 7) is 4.78. The number of carbonyl (C=O) groups is 1. The molecule has 10 nitrogen and oxygen atoms in total. The number of amides is 1. The summed E-state index contributed by atoms with van der Waals surface area (Å²) in [5, 5.41) is 2.10. The molecule has 1 aliphatic heterocycles. The van der Waals surface area contributed by atoms with Gasteiger partial charge in [0.25, 0.3) is 10.0 Å². The monoisotopic (exact) mass is 538 g/mol. The quantitative estimate of drug-likeness (QED) is 0.272. The highest BCUT2D eigenvalue weighted by molar-refractivity contribution is 7.89. The molecule has 0 bridgehead atoms. The Morgan fingerprint density at radius 2 is 1.69 bits per heavy atom. The Bertz CT molecular complexity index is 1330. The Balaban J connectivity index is 1.54. The van der Waals surface area contributed by atoms with Crippen molar-refractivity contribution >= 4 is 49.4 Å². The number of carbonyl (C=O) groups excluding carboxylic acids is 1. The van der Waals surface area contributed by atoms with Gasteiger partial charge in [0.2, 0.25) is 15.9 Å². The molecule has 0 radical (unpaired) electrons. The largest absolute Gasteiger partial charge is 0.379 e. The van der Waals surface area contributed by atoms with Gasteiger partial charge in [-0.25, -0.2) is 16.8 Å². The molecule has 0 saturated carbocycles. The molecular weight excluding hydrogens is 512 g/mol. The minimum absolute atomic E-state index is 0.0955. The van der Waals surface area contributed by atoms with E-state index in [1.807, 2.05) is 0 Å². The second kappa shape index (κ2) is 11.4. The third-order valence-corrected chi connectivity index (χ3v) is 8.59. The lowest BCUT2D eigenvalue weighted by Crippen LogP contribution is -2.48. The summed E-state index contributed by atoms with van der Waals surface area (Å²) >= 11 is 4.97. The van der Waals surface area contributed by atoms with E-state index >= 15 is 0 Å². The van der Waals surface area contributed by atoms with Crippen LogP contribution in [-0.2, 0) is 29.6 Å². The first-order valence-corrected chi connectivity index (χ1v) is 13.9. The number of hydrazine groups is 1. The van der Waals surface area contributed by atoms with E-state index in [0.29, 0.717) is 37.4 Å². The van der Waals surface area contributed by atoms with Gasteiger partial charge < -0.3 is 4.74 Å². The van der Waals surface area contributed by atoms with Crippen LogP contribution in [0.1, 0.15) is 16.7 Å². The highest BCUT2D eigenvalue weighted by Crippen LogP contribution is 2.18. The number of morpholine rings is 1. The highest BCUT2D eigenvalue weighted by Gasteiger charge is 2.26. The lowest BCUT2D eigenvalue weighted by Gasteiger charge is -2.26. The molecule has 3 N–H and O–H groups in total. The van der Waals surface area contributed by atoms with E-state index in [-0.39, 0.29) is 14.9 Å². The van der Waals surface area contributed by atoms with Gasteiger partial charge in [0, 0.05) is 19.2 Å². The lowest BCUT2D eigenvalue weighted by atomic mass is 10.2. The van der Waals surface area contributed by atoms with E-state index < -0.39 is 26.0 Å². The van der Waals surface area contributed by atoms with Gasteiger partial charge in [-0.05, 0) is 67.0 Å². The second-order valence-corrected chi connectivity index (χ2v) is 11.7. The van der Waals surface area contributed by atoms with Crippen molar-refractivity contribution in [3.63, 3.8) is 0 Å². The smallest absolute Gasteiger partial charge is 0.257 e. The van der Waals surface area contributed by atoms with Crippen LogP contribution >= 0.6 is 12.2 Å². The number of aryl methyl sites for hydroxylation is 2. The second-order valence-electron chi connectivity index (χ2n) is 7.74. The van der Waals surface area contributed by atoms with Crippen LogP contribution in [0.5, 0.6) is 0 Å². The number of nitrogens with one attached hydrogen (secondary N) is 3. The first-order valence-electron chi connectivity index (χ1n) is 10.5. The fourth-order valence-corrected chi connectivity index (χ4v) is 6.01. The summed E-state index contributed by atoms with van der Waals surface area (Å²) in [6, 6.07) is 11.1. The molecule has 0 unspecified atom stereocenters. The summed E-state index contributed by atoms with van der Waals surface area (Å²) in [5.74, 6) is -0.599. The zero-order valence-electron chi connectivity index (χ0n) is 19.1. The Labute approximate surface area is 210 Å². The number of ether oxygens (including phenoxy) is 1. The van der Waals surface area contributed by atoms with Gasteiger partial charge in [0.1, 0.15) is 0 Å². The fraction of sp³-hybridized carbons (Fsp3) is 0.273. The molecule has 1 aliphatic rings.